The molecule has 1 saturated heterocycles. The van der Waals surface area contributed by atoms with Crippen LogP contribution in [-0.2, 0) is 11.2 Å². The van der Waals surface area contributed by atoms with Crippen LogP contribution >= 0.6 is 0 Å². The summed E-state index contributed by atoms with van der Waals surface area (Å²) in [5.41, 5.74) is 5.74. The first kappa shape index (κ1) is 26.1. The summed E-state index contributed by atoms with van der Waals surface area (Å²) in [5.74, 6) is 0.143. The van der Waals surface area contributed by atoms with Crippen molar-refractivity contribution in [2.75, 3.05) is 20.2 Å². The number of nitrogens with zero attached hydrogens (tertiary/aromatic N) is 3. The van der Waals surface area contributed by atoms with E-state index in [2.05, 4.69) is 23.5 Å². The molecule has 39 heavy (non-hydrogen) atoms. The zero-order valence-corrected chi connectivity index (χ0v) is 22.0. The van der Waals surface area contributed by atoms with Gasteiger partial charge in [-0.15, -0.1) is 0 Å². The summed E-state index contributed by atoms with van der Waals surface area (Å²) >= 11 is 0. The first-order valence-corrected chi connectivity index (χ1v) is 12.8. The first-order chi connectivity index (χ1) is 18.8. The van der Waals surface area contributed by atoms with Gasteiger partial charge in [-0.1, -0.05) is 62.0 Å². The van der Waals surface area contributed by atoms with Crippen LogP contribution in [0.3, 0.4) is 0 Å². The third-order valence-corrected chi connectivity index (χ3v) is 7.32. The fourth-order valence-corrected chi connectivity index (χ4v) is 4.77. The number of carboxylic acids is 1. The molecule has 1 N–H and O–H groups in total. The monoisotopic (exact) mass is 523 g/mol. The number of hydrogen-bond donors (Lipinski definition) is 1. The van der Waals surface area contributed by atoms with Crippen LogP contribution in [-0.4, -0.2) is 46.1 Å². The predicted molar refractivity (Wildman–Crippen MR) is 150 cm³/mol. The van der Waals surface area contributed by atoms with Gasteiger partial charge in [-0.2, -0.15) is 0 Å². The highest BCUT2D eigenvalue weighted by atomic mass is 19.1. The zero-order chi connectivity index (χ0) is 27.5. The number of likely N-dealkylation sites (tertiary alicyclic amines) is 1. The molecule has 4 aromatic rings. The van der Waals surface area contributed by atoms with E-state index in [1.54, 1.807) is 25.6 Å². The number of hydrogen-bond acceptors (Lipinski definition) is 5. The molecule has 5 rings (SSSR count). The zero-order valence-electron chi connectivity index (χ0n) is 22.0. The van der Waals surface area contributed by atoms with Crippen LogP contribution in [0.5, 0.6) is 5.75 Å². The average molecular weight is 524 g/mol. The fourth-order valence-electron chi connectivity index (χ4n) is 4.77. The standard InChI is InChI=1S/C32H30FN3O3/c1-20(21(2)36-18-27(19-36)32(37)38)14-22-4-6-24(7-5-22)31-34-16-26(17-35-31)29-13-10-25(15-30(29)33)23-8-11-28(39-3)12-9-23/h4-13,15-17,20,27H,2,14,18-19H2,1,3H3,(H,37,38)/t20-/m0/s1. The summed E-state index contributed by atoms with van der Waals surface area (Å²) in [6.45, 7) is 7.34. The molecule has 0 saturated carbocycles. The van der Waals surface area contributed by atoms with Gasteiger partial charge in [0.25, 0.3) is 0 Å². The molecule has 1 fully saturated rings. The van der Waals surface area contributed by atoms with Crippen LogP contribution in [0.2, 0.25) is 0 Å². The number of halogens is 1. The molecule has 7 heteroatoms. The van der Waals surface area contributed by atoms with Gasteiger partial charge >= 0.3 is 5.97 Å². The van der Waals surface area contributed by atoms with Crippen LogP contribution < -0.4 is 4.74 Å². The molecule has 0 bridgehead atoms. The molecule has 1 aliphatic rings. The molecule has 1 atom stereocenters. The SMILES string of the molecule is C=C([C@@H](C)Cc1ccc(-c2ncc(-c3ccc(-c4ccc(OC)cc4)cc3F)cn2)cc1)N1CC(C(=O)O)C1. The van der Waals surface area contributed by atoms with E-state index >= 15 is 4.39 Å². The van der Waals surface area contributed by atoms with Crippen molar-refractivity contribution in [2.45, 2.75) is 13.3 Å². The molecule has 1 aliphatic heterocycles. The van der Waals surface area contributed by atoms with E-state index in [0.29, 0.717) is 30.0 Å². The number of carbonyl (C=O) groups is 1. The Morgan fingerprint density at radius 3 is 2.21 bits per heavy atom. The van der Waals surface area contributed by atoms with Crippen molar-refractivity contribution in [1.82, 2.24) is 14.9 Å². The maximum Gasteiger partial charge on any atom is 0.310 e. The minimum Gasteiger partial charge on any atom is -0.497 e. The van der Waals surface area contributed by atoms with Crippen molar-refractivity contribution in [3.05, 3.63) is 103 Å². The Hall–Kier alpha value is -4.52. The average Bonchev–Trinajstić information content (AvgIpc) is 2.92. The van der Waals surface area contributed by atoms with Gasteiger partial charge in [-0.3, -0.25) is 4.79 Å². The summed E-state index contributed by atoms with van der Waals surface area (Å²) in [6.07, 6.45) is 4.09. The lowest BCUT2D eigenvalue weighted by Crippen LogP contribution is -2.50. The van der Waals surface area contributed by atoms with Gasteiger partial charge in [0, 0.05) is 47.9 Å². The molecule has 2 heterocycles. The van der Waals surface area contributed by atoms with Crippen LogP contribution in [0.4, 0.5) is 4.39 Å². The summed E-state index contributed by atoms with van der Waals surface area (Å²) < 4.78 is 20.2. The molecular formula is C32H30FN3O3. The second-order valence-corrected chi connectivity index (χ2v) is 9.95. The molecule has 198 valence electrons. The normalized spacial score (nSPS) is 14.0. The molecular weight excluding hydrogens is 493 g/mol. The molecule has 0 amide bonds. The van der Waals surface area contributed by atoms with E-state index in [9.17, 15) is 4.79 Å². The van der Waals surface area contributed by atoms with Gasteiger partial charge in [0.2, 0.25) is 0 Å². The summed E-state index contributed by atoms with van der Waals surface area (Å²) in [5, 5.41) is 9.09. The van der Waals surface area contributed by atoms with Crippen LogP contribution in [0.15, 0.2) is 91.4 Å². The highest BCUT2D eigenvalue weighted by Gasteiger charge is 2.34. The van der Waals surface area contributed by atoms with E-state index in [-0.39, 0.29) is 17.7 Å². The smallest absolute Gasteiger partial charge is 0.310 e. The molecule has 6 nitrogen and oxygen atoms in total. The van der Waals surface area contributed by atoms with Gasteiger partial charge in [-0.25, -0.2) is 14.4 Å². The van der Waals surface area contributed by atoms with E-state index in [0.717, 1.165) is 40.1 Å². The Bertz CT molecular complexity index is 1480. The number of aromatic nitrogens is 2. The highest BCUT2D eigenvalue weighted by molar-refractivity contribution is 5.72. The number of carboxylic acid groups (broad SMARTS) is 1. The number of ether oxygens (including phenoxy) is 1. The Morgan fingerprint density at radius 2 is 1.62 bits per heavy atom. The Balaban J connectivity index is 1.23. The number of benzene rings is 3. The maximum absolute atomic E-state index is 15.0. The van der Waals surface area contributed by atoms with Gasteiger partial charge in [0.15, 0.2) is 5.82 Å². The topological polar surface area (TPSA) is 75.6 Å². The lowest BCUT2D eigenvalue weighted by atomic mass is 9.92. The minimum atomic E-state index is -0.745. The van der Waals surface area contributed by atoms with Crippen molar-refractivity contribution in [3.63, 3.8) is 0 Å². The van der Waals surface area contributed by atoms with Crippen molar-refractivity contribution in [2.24, 2.45) is 11.8 Å². The van der Waals surface area contributed by atoms with Gasteiger partial charge < -0.3 is 14.7 Å². The van der Waals surface area contributed by atoms with E-state index in [1.807, 2.05) is 59.5 Å². The Morgan fingerprint density at radius 1 is 1.00 bits per heavy atom. The summed E-state index contributed by atoms with van der Waals surface area (Å²) in [4.78, 5) is 22.1. The Kier molecular flexibility index (Phi) is 7.41. The number of methoxy groups -OCH3 is 1. The van der Waals surface area contributed by atoms with Crippen molar-refractivity contribution in [3.8, 4) is 39.4 Å². The maximum atomic E-state index is 15.0. The molecule has 3 aromatic carbocycles. The largest absolute Gasteiger partial charge is 0.497 e. The second kappa shape index (κ2) is 11.1. The quantitative estimate of drug-likeness (QED) is 0.276. The van der Waals surface area contributed by atoms with E-state index in [4.69, 9.17) is 9.84 Å². The highest BCUT2D eigenvalue weighted by Crippen LogP contribution is 2.30. The van der Waals surface area contributed by atoms with Gasteiger partial charge in [0.05, 0.1) is 13.0 Å². The molecule has 0 spiro atoms. The van der Waals surface area contributed by atoms with Crippen molar-refractivity contribution in [1.29, 1.82) is 0 Å². The Labute approximate surface area is 227 Å². The van der Waals surface area contributed by atoms with Gasteiger partial charge in [-0.05, 0) is 47.2 Å². The lowest BCUT2D eigenvalue weighted by molar-refractivity contribution is -0.146. The van der Waals surface area contributed by atoms with Crippen molar-refractivity contribution >= 4 is 5.97 Å². The second-order valence-electron chi connectivity index (χ2n) is 9.95. The van der Waals surface area contributed by atoms with Crippen molar-refractivity contribution < 1.29 is 19.0 Å². The fraction of sp³-hybridized carbons (Fsp3) is 0.219. The van der Waals surface area contributed by atoms with E-state index < -0.39 is 5.97 Å². The number of aliphatic carboxylic acids is 1. The third kappa shape index (κ3) is 5.67. The third-order valence-electron chi connectivity index (χ3n) is 7.32. The number of allylic oxidation sites excluding steroid dienone is 1. The summed E-state index contributed by atoms with van der Waals surface area (Å²) in [6, 6.07) is 20.7. The van der Waals surface area contributed by atoms with Crippen LogP contribution in [0, 0.1) is 17.7 Å². The molecule has 0 aliphatic carbocycles. The first-order valence-electron chi connectivity index (χ1n) is 12.8. The molecule has 0 unspecified atom stereocenters. The molecule has 1 aromatic heterocycles. The minimum absolute atomic E-state index is 0.201. The van der Waals surface area contributed by atoms with Crippen LogP contribution in [0.25, 0.3) is 33.6 Å². The number of rotatable bonds is 9. The predicted octanol–water partition coefficient (Wildman–Crippen LogP) is 6.33. The van der Waals surface area contributed by atoms with Gasteiger partial charge in [0.1, 0.15) is 11.6 Å². The lowest BCUT2D eigenvalue weighted by Gasteiger charge is -2.41. The molecule has 0 radical (unpaired) electrons. The summed E-state index contributed by atoms with van der Waals surface area (Å²) in [7, 11) is 1.61. The van der Waals surface area contributed by atoms with E-state index in [1.165, 1.54) is 6.07 Å². The van der Waals surface area contributed by atoms with Crippen LogP contribution in [0.1, 0.15) is 12.5 Å².